The summed E-state index contributed by atoms with van der Waals surface area (Å²) in [4.78, 5) is 22.8. The fourth-order valence-electron chi connectivity index (χ4n) is 1.89. The molecule has 0 saturated carbocycles. The molecule has 2 rings (SSSR count). The van der Waals surface area contributed by atoms with Gasteiger partial charge in [-0.2, -0.15) is 0 Å². The SMILES string of the molecule is O=C(/C=C/c1ccc(/C=C/C(=O)c2cccc(F)c2)c(F)c1)NO. The summed E-state index contributed by atoms with van der Waals surface area (Å²) in [6.45, 7) is 0. The molecule has 122 valence electrons. The van der Waals surface area contributed by atoms with Crippen molar-refractivity contribution in [1.82, 2.24) is 5.48 Å². The summed E-state index contributed by atoms with van der Waals surface area (Å²) in [7, 11) is 0. The van der Waals surface area contributed by atoms with Crippen molar-refractivity contribution in [3.63, 3.8) is 0 Å². The Balaban J connectivity index is 2.14. The Morgan fingerprint density at radius 1 is 1.00 bits per heavy atom. The predicted octanol–water partition coefficient (Wildman–Crippen LogP) is 3.38. The molecule has 0 aliphatic heterocycles. The molecule has 0 atom stereocenters. The number of carbonyl (C=O) groups excluding carboxylic acids is 2. The number of amides is 1. The van der Waals surface area contributed by atoms with Gasteiger partial charge >= 0.3 is 0 Å². The summed E-state index contributed by atoms with van der Waals surface area (Å²) < 4.78 is 27.0. The molecule has 0 unspecified atom stereocenters. The monoisotopic (exact) mass is 329 g/mol. The van der Waals surface area contributed by atoms with Crippen LogP contribution in [0, 0.1) is 11.6 Å². The quantitative estimate of drug-likeness (QED) is 0.382. The molecule has 0 fully saturated rings. The number of rotatable bonds is 5. The molecule has 0 aromatic heterocycles. The zero-order chi connectivity index (χ0) is 17.5. The summed E-state index contributed by atoms with van der Waals surface area (Å²) in [5, 5.41) is 8.36. The molecule has 1 amide bonds. The lowest BCUT2D eigenvalue weighted by molar-refractivity contribution is -0.124. The van der Waals surface area contributed by atoms with Crippen LogP contribution < -0.4 is 5.48 Å². The van der Waals surface area contributed by atoms with Crippen molar-refractivity contribution in [3.8, 4) is 0 Å². The second-order valence-electron chi connectivity index (χ2n) is 4.80. The van der Waals surface area contributed by atoms with E-state index in [2.05, 4.69) is 0 Å². The Labute approximate surface area is 136 Å². The summed E-state index contributed by atoms with van der Waals surface area (Å²) in [5.74, 6) is -2.30. The fourth-order valence-corrected chi connectivity index (χ4v) is 1.89. The molecule has 0 spiro atoms. The fraction of sp³-hybridized carbons (Fsp3) is 0. The molecule has 0 bridgehead atoms. The Morgan fingerprint density at radius 3 is 2.46 bits per heavy atom. The molecular weight excluding hydrogens is 316 g/mol. The lowest BCUT2D eigenvalue weighted by Gasteiger charge is -2.00. The van der Waals surface area contributed by atoms with Gasteiger partial charge in [-0.05, 0) is 42.0 Å². The number of allylic oxidation sites excluding steroid dienone is 1. The van der Waals surface area contributed by atoms with Gasteiger partial charge in [0, 0.05) is 17.2 Å². The molecule has 0 aliphatic rings. The van der Waals surface area contributed by atoms with E-state index in [-0.39, 0.29) is 11.1 Å². The third-order valence-electron chi connectivity index (χ3n) is 3.09. The van der Waals surface area contributed by atoms with E-state index in [0.717, 1.165) is 18.2 Å². The number of hydroxylamine groups is 1. The van der Waals surface area contributed by atoms with E-state index >= 15 is 0 Å². The van der Waals surface area contributed by atoms with Crippen molar-refractivity contribution in [3.05, 3.63) is 82.9 Å². The van der Waals surface area contributed by atoms with E-state index in [1.807, 2.05) is 0 Å². The highest BCUT2D eigenvalue weighted by Crippen LogP contribution is 2.14. The van der Waals surface area contributed by atoms with Crippen LogP contribution in [0.5, 0.6) is 0 Å². The predicted molar refractivity (Wildman–Crippen MR) is 85.1 cm³/mol. The van der Waals surface area contributed by atoms with Gasteiger partial charge in [0.25, 0.3) is 5.91 Å². The zero-order valence-electron chi connectivity index (χ0n) is 12.4. The van der Waals surface area contributed by atoms with Gasteiger partial charge in [-0.15, -0.1) is 0 Å². The molecule has 0 radical (unpaired) electrons. The van der Waals surface area contributed by atoms with E-state index in [4.69, 9.17) is 5.21 Å². The van der Waals surface area contributed by atoms with E-state index in [1.165, 1.54) is 54.0 Å². The Morgan fingerprint density at radius 2 is 1.79 bits per heavy atom. The first-order chi connectivity index (χ1) is 11.5. The van der Waals surface area contributed by atoms with E-state index in [9.17, 15) is 18.4 Å². The first kappa shape index (κ1) is 17.2. The number of hydrogen-bond donors (Lipinski definition) is 2. The Bertz CT molecular complexity index is 829. The minimum absolute atomic E-state index is 0.168. The van der Waals surface area contributed by atoms with Crippen LogP contribution in [0.3, 0.4) is 0 Å². The molecule has 0 saturated heterocycles. The van der Waals surface area contributed by atoms with Gasteiger partial charge in [0.15, 0.2) is 5.78 Å². The zero-order valence-corrected chi connectivity index (χ0v) is 12.4. The Hall–Kier alpha value is -3.12. The third-order valence-corrected chi connectivity index (χ3v) is 3.09. The normalized spacial score (nSPS) is 11.1. The molecular formula is C18H13F2NO3. The summed E-state index contributed by atoms with van der Waals surface area (Å²) in [6, 6.07) is 9.35. The average Bonchev–Trinajstić information content (AvgIpc) is 2.58. The minimum Gasteiger partial charge on any atom is -0.289 e. The number of ketones is 1. The van der Waals surface area contributed by atoms with Crippen molar-refractivity contribution in [2.45, 2.75) is 0 Å². The second-order valence-corrected chi connectivity index (χ2v) is 4.80. The highest BCUT2D eigenvalue weighted by Gasteiger charge is 2.04. The average molecular weight is 329 g/mol. The van der Waals surface area contributed by atoms with E-state index < -0.39 is 23.3 Å². The van der Waals surface area contributed by atoms with E-state index in [0.29, 0.717) is 5.56 Å². The molecule has 6 heteroatoms. The molecule has 0 heterocycles. The number of hydrogen-bond acceptors (Lipinski definition) is 3. The lowest BCUT2D eigenvalue weighted by atomic mass is 10.1. The van der Waals surface area contributed by atoms with Crippen LogP contribution in [0.1, 0.15) is 21.5 Å². The van der Waals surface area contributed by atoms with Crippen molar-refractivity contribution in [2.24, 2.45) is 0 Å². The van der Waals surface area contributed by atoms with Gasteiger partial charge in [-0.3, -0.25) is 14.8 Å². The van der Waals surface area contributed by atoms with Crippen molar-refractivity contribution in [2.75, 3.05) is 0 Å². The van der Waals surface area contributed by atoms with Gasteiger partial charge < -0.3 is 0 Å². The van der Waals surface area contributed by atoms with Gasteiger partial charge in [-0.1, -0.05) is 24.3 Å². The van der Waals surface area contributed by atoms with Crippen LogP contribution in [0.4, 0.5) is 8.78 Å². The number of benzene rings is 2. The molecule has 2 N–H and O–H groups in total. The first-order valence-electron chi connectivity index (χ1n) is 6.89. The molecule has 0 aliphatic carbocycles. The number of nitrogens with one attached hydrogen (secondary N) is 1. The minimum atomic E-state index is -0.736. The summed E-state index contributed by atoms with van der Waals surface area (Å²) >= 11 is 0. The first-order valence-corrected chi connectivity index (χ1v) is 6.89. The van der Waals surface area contributed by atoms with Crippen molar-refractivity contribution in [1.29, 1.82) is 0 Å². The van der Waals surface area contributed by atoms with Gasteiger partial charge in [0.1, 0.15) is 11.6 Å². The maximum absolute atomic E-state index is 14.0. The van der Waals surface area contributed by atoms with Crippen LogP contribution in [-0.4, -0.2) is 16.9 Å². The summed E-state index contributed by atoms with van der Waals surface area (Å²) in [5.41, 5.74) is 2.16. The van der Waals surface area contributed by atoms with E-state index in [1.54, 1.807) is 0 Å². The highest BCUT2D eigenvalue weighted by molar-refractivity contribution is 6.06. The Kier molecular flexibility index (Phi) is 5.70. The van der Waals surface area contributed by atoms with Crippen LogP contribution in [0.15, 0.2) is 54.6 Å². The maximum atomic E-state index is 14.0. The van der Waals surface area contributed by atoms with Crippen molar-refractivity contribution >= 4 is 23.8 Å². The van der Waals surface area contributed by atoms with Gasteiger partial charge in [-0.25, -0.2) is 14.3 Å². The smallest absolute Gasteiger partial charge is 0.267 e. The molecule has 2 aromatic rings. The summed E-state index contributed by atoms with van der Waals surface area (Å²) in [6.07, 6.45) is 4.80. The van der Waals surface area contributed by atoms with Gasteiger partial charge in [0.2, 0.25) is 0 Å². The van der Waals surface area contributed by atoms with Gasteiger partial charge in [0.05, 0.1) is 0 Å². The van der Waals surface area contributed by atoms with Crippen LogP contribution in [0.25, 0.3) is 12.2 Å². The molecule has 24 heavy (non-hydrogen) atoms. The van der Waals surface area contributed by atoms with Crippen molar-refractivity contribution < 1.29 is 23.6 Å². The lowest BCUT2D eigenvalue weighted by Crippen LogP contribution is -2.14. The van der Waals surface area contributed by atoms with Crippen LogP contribution in [-0.2, 0) is 4.79 Å². The largest absolute Gasteiger partial charge is 0.289 e. The number of halogens is 2. The second kappa shape index (κ2) is 7.94. The third kappa shape index (κ3) is 4.69. The molecule has 4 nitrogen and oxygen atoms in total. The highest BCUT2D eigenvalue weighted by atomic mass is 19.1. The van der Waals surface area contributed by atoms with Crippen LogP contribution >= 0.6 is 0 Å². The number of carbonyl (C=O) groups is 2. The topological polar surface area (TPSA) is 66.4 Å². The maximum Gasteiger partial charge on any atom is 0.267 e. The molecule has 2 aromatic carbocycles. The van der Waals surface area contributed by atoms with Crippen LogP contribution in [0.2, 0.25) is 0 Å². The standard InChI is InChI=1S/C18H13F2NO3/c19-15-3-1-2-14(11-15)17(22)8-7-13-6-4-12(10-16(13)20)5-9-18(23)21-24/h1-11,24H,(H,21,23)/b8-7+,9-5+.